The zero-order valence-electron chi connectivity index (χ0n) is 16.1. The van der Waals surface area contributed by atoms with Crippen molar-refractivity contribution in [1.29, 1.82) is 0 Å². The van der Waals surface area contributed by atoms with Gasteiger partial charge in [0.05, 0.1) is 12.8 Å². The van der Waals surface area contributed by atoms with Crippen molar-refractivity contribution in [3.05, 3.63) is 35.4 Å². The molecule has 26 heavy (non-hydrogen) atoms. The third-order valence-electron chi connectivity index (χ3n) is 6.01. The van der Waals surface area contributed by atoms with Gasteiger partial charge >= 0.3 is 0 Å². The number of allylic oxidation sites excluding steroid dienone is 5. The monoisotopic (exact) mass is 355 g/mol. The molecule has 140 valence electrons. The maximum Gasteiger partial charge on any atom is 0.150 e. The summed E-state index contributed by atoms with van der Waals surface area (Å²) in [5.74, 6) is 0.613. The number of nitrogens with zero attached hydrogens (tertiary/aromatic N) is 5. The van der Waals surface area contributed by atoms with Gasteiger partial charge in [-0.15, -0.1) is 0 Å². The molecule has 4 aliphatic heterocycles. The number of hydrogen-bond donors (Lipinski definition) is 1. The third-order valence-corrected chi connectivity index (χ3v) is 6.01. The zero-order valence-corrected chi connectivity index (χ0v) is 16.1. The fraction of sp³-hybridized carbons (Fsp3) is 0.600. The summed E-state index contributed by atoms with van der Waals surface area (Å²) in [6.45, 7) is 5.47. The van der Waals surface area contributed by atoms with Gasteiger partial charge in [-0.05, 0) is 44.9 Å². The number of piperazine rings is 1. The first-order valence-corrected chi connectivity index (χ1v) is 9.89. The lowest BCUT2D eigenvalue weighted by Crippen LogP contribution is -2.44. The molecule has 4 aliphatic rings. The maximum absolute atomic E-state index is 6.13. The van der Waals surface area contributed by atoms with Crippen LogP contribution in [0.1, 0.15) is 32.1 Å². The summed E-state index contributed by atoms with van der Waals surface area (Å²) in [6, 6.07) is 0. The van der Waals surface area contributed by atoms with Gasteiger partial charge in [0.25, 0.3) is 0 Å². The maximum atomic E-state index is 6.13. The third kappa shape index (κ3) is 3.48. The summed E-state index contributed by atoms with van der Waals surface area (Å²) in [5.41, 5.74) is 10.8. The highest BCUT2D eigenvalue weighted by Crippen LogP contribution is 2.32. The molecule has 1 unspecified atom stereocenters. The van der Waals surface area contributed by atoms with Crippen molar-refractivity contribution in [2.45, 2.75) is 32.1 Å². The van der Waals surface area contributed by atoms with E-state index in [1.807, 2.05) is 0 Å². The van der Waals surface area contributed by atoms with Gasteiger partial charge in [-0.1, -0.05) is 5.10 Å². The Balaban J connectivity index is 1.65. The van der Waals surface area contributed by atoms with E-state index in [2.05, 4.69) is 42.1 Å². The molecule has 2 N–H and O–H groups in total. The first kappa shape index (κ1) is 17.5. The predicted molar refractivity (Wildman–Crippen MR) is 107 cm³/mol. The molecule has 0 saturated carbocycles. The van der Waals surface area contributed by atoms with Crippen LogP contribution in [0.2, 0.25) is 0 Å². The number of quaternary nitrogens is 1. The number of hydrogen-bond acceptors (Lipinski definition) is 5. The van der Waals surface area contributed by atoms with E-state index in [1.54, 1.807) is 0 Å². The molecule has 0 radical (unpaired) electrons. The average molecular weight is 356 g/mol. The fourth-order valence-electron chi connectivity index (χ4n) is 4.27. The normalized spacial score (nSPS) is 30.4. The van der Waals surface area contributed by atoms with Crippen molar-refractivity contribution in [2.24, 2.45) is 15.8 Å². The highest BCUT2D eigenvalue weighted by molar-refractivity contribution is 6.50. The summed E-state index contributed by atoms with van der Waals surface area (Å²) < 4.78 is 0.704. The number of rotatable bonds is 2. The van der Waals surface area contributed by atoms with Crippen LogP contribution in [0, 0.1) is 0 Å². The van der Waals surface area contributed by atoms with Crippen molar-refractivity contribution >= 4 is 11.4 Å². The lowest BCUT2D eigenvalue weighted by Gasteiger charge is -2.36. The minimum Gasteiger partial charge on any atom is -0.384 e. The summed E-state index contributed by atoms with van der Waals surface area (Å²) in [7, 11) is 4.41. The summed E-state index contributed by atoms with van der Waals surface area (Å²) in [5, 5.41) is 5.04. The minimum absolute atomic E-state index is 0.613. The van der Waals surface area contributed by atoms with E-state index in [1.165, 1.54) is 24.2 Å². The topological polar surface area (TPSA) is 57.2 Å². The van der Waals surface area contributed by atoms with Crippen LogP contribution in [0.3, 0.4) is 0 Å². The molecular weight excluding hydrogens is 324 g/mol. The smallest absolute Gasteiger partial charge is 0.150 e. The molecule has 4 heterocycles. The summed E-state index contributed by atoms with van der Waals surface area (Å²) in [6.07, 6.45) is 12.1. The summed E-state index contributed by atoms with van der Waals surface area (Å²) >= 11 is 0. The Morgan fingerprint density at radius 1 is 1.04 bits per heavy atom. The van der Waals surface area contributed by atoms with Crippen LogP contribution in [0.4, 0.5) is 0 Å². The van der Waals surface area contributed by atoms with Crippen molar-refractivity contribution in [3.63, 3.8) is 0 Å². The molecule has 0 aliphatic carbocycles. The standard InChI is InChI=1S/C20H31N6/c1-24-9-11-25(12-10-24)16-6-5-8-20(21)22-18(14-16)19-15-17-7-3-4-13-26(17,2)23-19/h8,14-15H,3-7,9-13,21H2,1-2H3/q+1. The first-order valence-electron chi connectivity index (χ1n) is 9.89. The summed E-state index contributed by atoms with van der Waals surface area (Å²) in [4.78, 5) is 9.63. The second-order valence-electron chi connectivity index (χ2n) is 8.03. The van der Waals surface area contributed by atoms with Gasteiger partial charge in [-0.25, -0.2) is 4.99 Å². The minimum atomic E-state index is 0.613. The van der Waals surface area contributed by atoms with Crippen molar-refractivity contribution in [1.82, 2.24) is 9.80 Å². The molecule has 0 amide bonds. The highest BCUT2D eigenvalue weighted by atomic mass is 15.6. The molecule has 0 aromatic rings. The van der Waals surface area contributed by atoms with Gasteiger partial charge in [-0.3, -0.25) is 0 Å². The fourth-order valence-corrected chi connectivity index (χ4v) is 4.27. The Hall–Kier alpha value is -1.92. The first-order chi connectivity index (χ1) is 12.5. The second-order valence-corrected chi connectivity index (χ2v) is 8.03. The lowest BCUT2D eigenvalue weighted by molar-refractivity contribution is -0.881. The van der Waals surface area contributed by atoms with Crippen molar-refractivity contribution in [3.8, 4) is 0 Å². The van der Waals surface area contributed by atoms with Gasteiger partial charge in [0.15, 0.2) is 5.71 Å². The molecule has 0 aromatic carbocycles. The van der Waals surface area contributed by atoms with E-state index >= 15 is 0 Å². The molecule has 2 fully saturated rings. The van der Waals surface area contributed by atoms with Gasteiger partial charge < -0.3 is 15.5 Å². The Morgan fingerprint density at radius 2 is 1.85 bits per heavy atom. The molecular formula is C20H31N6+. The molecule has 0 aromatic heterocycles. The van der Waals surface area contributed by atoms with Gasteiger partial charge in [-0.2, -0.15) is 4.59 Å². The number of likely N-dealkylation sites (N-methyl/N-ethyl adjacent to an activating group) is 1. The van der Waals surface area contributed by atoms with Crippen LogP contribution in [0.5, 0.6) is 0 Å². The van der Waals surface area contributed by atoms with Crippen LogP contribution in [-0.2, 0) is 0 Å². The molecule has 2 saturated heterocycles. The van der Waals surface area contributed by atoms with Crippen LogP contribution >= 0.6 is 0 Å². The van der Waals surface area contributed by atoms with Gasteiger partial charge in [0, 0.05) is 44.4 Å². The zero-order chi connectivity index (χ0) is 18.1. The molecule has 1 atom stereocenters. The largest absolute Gasteiger partial charge is 0.384 e. The SMILES string of the molecule is CN1CCN(C2=CC(C3=N[N+]4(C)CCCCC4=C3)=NC(N)=CCC2)CC1. The van der Waals surface area contributed by atoms with Crippen LogP contribution in [-0.4, -0.2) is 72.6 Å². The van der Waals surface area contributed by atoms with E-state index in [4.69, 9.17) is 15.8 Å². The molecule has 6 heteroatoms. The number of piperidine rings is 1. The number of nitrogens with two attached hydrogens (primary N) is 1. The van der Waals surface area contributed by atoms with Crippen molar-refractivity contribution < 1.29 is 4.59 Å². The van der Waals surface area contributed by atoms with E-state index in [0.717, 1.165) is 63.4 Å². The van der Waals surface area contributed by atoms with E-state index in [9.17, 15) is 0 Å². The van der Waals surface area contributed by atoms with Crippen LogP contribution < -0.4 is 5.73 Å². The quantitative estimate of drug-likeness (QED) is 0.771. The van der Waals surface area contributed by atoms with Crippen molar-refractivity contribution in [2.75, 3.05) is 46.8 Å². The van der Waals surface area contributed by atoms with E-state index in [0.29, 0.717) is 10.4 Å². The molecule has 0 spiro atoms. The Bertz CT molecular complexity index is 721. The number of fused-ring (bicyclic) bond motifs is 1. The molecule has 6 nitrogen and oxygen atoms in total. The Labute approximate surface area is 156 Å². The van der Waals surface area contributed by atoms with Crippen LogP contribution in [0.25, 0.3) is 0 Å². The van der Waals surface area contributed by atoms with E-state index < -0.39 is 0 Å². The Kier molecular flexibility index (Phi) is 4.71. The Morgan fingerprint density at radius 3 is 2.62 bits per heavy atom. The number of aliphatic imine (C=N–C) groups is 1. The van der Waals surface area contributed by atoms with Gasteiger partial charge in [0.1, 0.15) is 18.1 Å². The van der Waals surface area contributed by atoms with E-state index in [-0.39, 0.29) is 0 Å². The predicted octanol–water partition coefficient (Wildman–Crippen LogP) is 2.04. The molecule has 0 bridgehead atoms. The van der Waals surface area contributed by atoms with Gasteiger partial charge in [0.2, 0.25) is 0 Å². The lowest BCUT2D eigenvalue weighted by atomic mass is 10.0. The van der Waals surface area contributed by atoms with Crippen LogP contribution in [0.15, 0.2) is 45.5 Å². The highest BCUT2D eigenvalue weighted by Gasteiger charge is 2.37. The molecule has 4 rings (SSSR count). The average Bonchev–Trinajstić information content (AvgIpc) is 2.96. The second kappa shape index (κ2) is 7.00.